The predicted octanol–water partition coefficient (Wildman–Crippen LogP) is 2.48. The lowest BCUT2D eigenvalue weighted by atomic mass is 9.85. The van der Waals surface area contributed by atoms with Crippen LogP contribution in [0.1, 0.15) is 38.2 Å². The van der Waals surface area contributed by atoms with Gasteiger partial charge in [-0.3, -0.25) is 9.69 Å². The zero-order valence-electron chi connectivity index (χ0n) is 15.7. The third kappa shape index (κ3) is 5.42. The SMILES string of the molecule is CCN(CC(=O)O)C1CC(NC(=O)N(CCc2cccc(F)c2)C2CC2)C1. The molecule has 0 spiro atoms. The van der Waals surface area contributed by atoms with Gasteiger partial charge in [-0.2, -0.15) is 0 Å². The monoisotopic (exact) mass is 377 g/mol. The first kappa shape index (κ1) is 19.6. The number of hydrogen-bond donors (Lipinski definition) is 2. The second-order valence-electron chi connectivity index (χ2n) is 7.53. The lowest BCUT2D eigenvalue weighted by Crippen LogP contribution is -2.57. The van der Waals surface area contributed by atoms with Crippen LogP contribution in [0.5, 0.6) is 0 Å². The van der Waals surface area contributed by atoms with E-state index in [1.165, 1.54) is 12.1 Å². The molecule has 2 aliphatic carbocycles. The Labute approximate surface area is 159 Å². The number of urea groups is 1. The van der Waals surface area contributed by atoms with Gasteiger partial charge < -0.3 is 15.3 Å². The van der Waals surface area contributed by atoms with Crippen molar-refractivity contribution in [1.82, 2.24) is 15.1 Å². The number of carboxylic acid groups (broad SMARTS) is 1. The number of carbonyl (C=O) groups excluding carboxylic acids is 1. The molecule has 0 atom stereocenters. The molecule has 0 aliphatic heterocycles. The van der Waals surface area contributed by atoms with Gasteiger partial charge in [0.15, 0.2) is 0 Å². The van der Waals surface area contributed by atoms with Crippen molar-refractivity contribution in [3.05, 3.63) is 35.6 Å². The number of amides is 2. The molecule has 3 rings (SSSR count). The van der Waals surface area contributed by atoms with E-state index >= 15 is 0 Å². The maximum atomic E-state index is 13.3. The summed E-state index contributed by atoms with van der Waals surface area (Å²) in [4.78, 5) is 27.4. The van der Waals surface area contributed by atoms with E-state index in [1.807, 2.05) is 22.8 Å². The summed E-state index contributed by atoms with van der Waals surface area (Å²) in [6.45, 7) is 3.27. The molecular formula is C20H28FN3O3. The van der Waals surface area contributed by atoms with Crippen LogP contribution in [-0.2, 0) is 11.2 Å². The summed E-state index contributed by atoms with van der Waals surface area (Å²) in [7, 11) is 0. The summed E-state index contributed by atoms with van der Waals surface area (Å²) in [6.07, 6.45) is 4.25. The van der Waals surface area contributed by atoms with Crippen molar-refractivity contribution in [2.45, 2.75) is 57.2 Å². The minimum atomic E-state index is -0.818. The summed E-state index contributed by atoms with van der Waals surface area (Å²) in [5.74, 6) is -1.07. The summed E-state index contributed by atoms with van der Waals surface area (Å²) < 4.78 is 13.3. The van der Waals surface area contributed by atoms with Crippen molar-refractivity contribution < 1.29 is 19.1 Å². The average molecular weight is 377 g/mol. The third-order valence-corrected chi connectivity index (χ3v) is 5.48. The molecule has 2 amide bonds. The summed E-state index contributed by atoms with van der Waals surface area (Å²) >= 11 is 0. The highest BCUT2D eigenvalue weighted by Crippen LogP contribution is 2.29. The van der Waals surface area contributed by atoms with E-state index in [0.29, 0.717) is 19.5 Å². The maximum Gasteiger partial charge on any atom is 0.317 e. The van der Waals surface area contributed by atoms with Gasteiger partial charge in [-0.05, 0) is 56.3 Å². The van der Waals surface area contributed by atoms with E-state index in [-0.39, 0.29) is 36.5 Å². The van der Waals surface area contributed by atoms with Crippen molar-refractivity contribution in [3.63, 3.8) is 0 Å². The first-order valence-corrected chi connectivity index (χ1v) is 9.73. The molecule has 1 aromatic rings. The summed E-state index contributed by atoms with van der Waals surface area (Å²) in [6, 6.07) is 7.06. The second-order valence-corrected chi connectivity index (χ2v) is 7.53. The normalized spacial score (nSPS) is 21.6. The van der Waals surface area contributed by atoms with Crippen molar-refractivity contribution in [1.29, 1.82) is 0 Å². The first-order valence-electron chi connectivity index (χ1n) is 9.73. The van der Waals surface area contributed by atoms with Crippen molar-refractivity contribution in [2.24, 2.45) is 0 Å². The van der Waals surface area contributed by atoms with Crippen LogP contribution in [0.2, 0.25) is 0 Å². The number of hydrogen-bond acceptors (Lipinski definition) is 3. The number of benzene rings is 1. The second kappa shape index (κ2) is 8.69. The van der Waals surface area contributed by atoms with Gasteiger partial charge >= 0.3 is 12.0 Å². The van der Waals surface area contributed by atoms with E-state index < -0.39 is 5.97 Å². The van der Waals surface area contributed by atoms with Crippen LogP contribution in [-0.4, -0.2) is 64.7 Å². The minimum absolute atomic E-state index is 0.0453. The van der Waals surface area contributed by atoms with E-state index in [2.05, 4.69) is 5.32 Å². The number of aliphatic carboxylic acids is 1. The van der Waals surface area contributed by atoms with Crippen molar-refractivity contribution >= 4 is 12.0 Å². The number of nitrogens with zero attached hydrogens (tertiary/aromatic N) is 2. The molecule has 0 heterocycles. The Kier molecular flexibility index (Phi) is 6.31. The Morgan fingerprint density at radius 2 is 2.00 bits per heavy atom. The molecule has 2 saturated carbocycles. The van der Waals surface area contributed by atoms with E-state index in [0.717, 1.165) is 31.2 Å². The molecule has 0 saturated heterocycles. The molecule has 0 aromatic heterocycles. The molecular weight excluding hydrogens is 349 g/mol. The molecule has 2 N–H and O–H groups in total. The molecule has 27 heavy (non-hydrogen) atoms. The highest BCUT2D eigenvalue weighted by atomic mass is 19.1. The Morgan fingerprint density at radius 1 is 1.26 bits per heavy atom. The first-order chi connectivity index (χ1) is 13.0. The topological polar surface area (TPSA) is 72.9 Å². The highest BCUT2D eigenvalue weighted by molar-refractivity contribution is 5.75. The van der Waals surface area contributed by atoms with Crippen LogP contribution in [0.15, 0.2) is 24.3 Å². The highest BCUT2D eigenvalue weighted by Gasteiger charge is 2.38. The van der Waals surface area contributed by atoms with E-state index in [4.69, 9.17) is 5.11 Å². The van der Waals surface area contributed by atoms with Gasteiger partial charge in [-0.15, -0.1) is 0 Å². The van der Waals surface area contributed by atoms with Gasteiger partial charge in [-0.1, -0.05) is 19.1 Å². The predicted molar refractivity (Wildman–Crippen MR) is 100 cm³/mol. The standard InChI is InChI=1S/C20H28FN3O3/c1-2-23(13-19(25)26)18-11-16(12-18)22-20(27)24(17-6-7-17)9-8-14-4-3-5-15(21)10-14/h3-5,10,16-18H,2,6-9,11-13H2,1H3,(H,22,27)(H,25,26). The Morgan fingerprint density at radius 3 is 2.59 bits per heavy atom. The molecule has 0 radical (unpaired) electrons. The number of rotatable bonds is 9. The largest absolute Gasteiger partial charge is 0.480 e. The van der Waals surface area contributed by atoms with Crippen molar-refractivity contribution in [2.75, 3.05) is 19.6 Å². The summed E-state index contributed by atoms with van der Waals surface area (Å²) in [5, 5.41) is 12.1. The van der Waals surface area contributed by atoms with Crippen molar-refractivity contribution in [3.8, 4) is 0 Å². The van der Waals surface area contributed by atoms with Gasteiger partial charge in [-0.25, -0.2) is 9.18 Å². The Balaban J connectivity index is 1.46. The van der Waals surface area contributed by atoms with E-state index in [1.54, 1.807) is 6.07 Å². The fourth-order valence-corrected chi connectivity index (χ4v) is 3.71. The summed E-state index contributed by atoms with van der Waals surface area (Å²) in [5.41, 5.74) is 0.893. The van der Waals surface area contributed by atoms with Gasteiger partial charge in [0.25, 0.3) is 0 Å². The van der Waals surface area contributed by atoms with Gasteiger partial charge in [0, 0.05) is 24.7 Å². The fourth-order valence-electron chi connectivity index (χ4n) is 3.71. The van der Waals surface area contributed by atoms with E-state index in [9.17, 15) is 14.0 Å². The molecule has 6 nitrogen and oxygen atoms in total. The fraction of sp³-hybridized carbons (Fsp3) is 0.600. The molecule has 7 heteroatoms. The molecule has 1 aromatic carbocycles. The zero-order valence-corrected chi connectivity index (χ0v) is 15.7. The van der Waals surface area contributed by atoms with Crippen LogP contribution in [0.25, 0.3) is 0 Å². The van der Waals surface area contributed by atoms with Gasteiger partial charge in [0.1, 0.15) is 5.82 Å². The average Bonchev–Trinajstić information content (AvgIpc) is 3.41. The number of halogens is 1. The molecule has 2 fully saturated rings. The zero-order chi connectivity index (χ0) is 19.4. The Bertz CT molecular complexity index is 674. The quantitative estimate of drug-likeness (QED) is 0.693. The Hall–Kier alpha value is -2.15. The number of carbonyl (C=O) groups is 2. The van der Waals surface area contributed by atoms with Crippen LogP contribution >= 0.6 is 0 Å². The van der Waals surface area contributed by atoms with Gasteiger partial charge in [0.2, 0.25) is 0 Å². The van der Waals surface area contributed by atoms with Crippen LogP contribution in [0, 0.1) is 5.82 Å². The molecule has 0 bridgehead atoms. The molecule has 0 unspecified atom stereocenters. The maximum absolute atomic E-state index is 13.3. The molecule has 148 valence electrons. The minimum Gasteiger partial charge on any atom is -0.480 e. The number of carboxylic acids is 1. The lowest BCUT2D eigenvalue weighted by Gasteiger charge is -2.42. The van der Waals surface area contributed by atoms with Crippen LogP contribution < -0.4 is 5.32 Å². The lowest BCUT2D eigenvalue weighted by molar-refractivity contribution is -0.139. The third-order valence-electron chi connectivity index (χ3n) is 5.48. The molecule has 2 aliphatic rings. The smallest absolute Gasteiger partial charge is 0.317 e. The number of nitrogens with one attached hydrogen (secondary N) is 1. The van der Waals surface area contributed by atoms with Crippen LogP contribution in [0.3, 0.4) is 0 Å². The number of likely N-dealkylation sites (N-methyl/N-ethyl adjacent to an activating group) is 1. The van der Waals surface area contributed by atoms with Gasteiger partial charge in [0.05, 0.1) is 6.54 Å². The van der Waals surface area contributed by atoms with Crippen LogP contribution in [0.4, 0.5) is 9.18 Å².